The molecule has 2 aromatic heterocycles. The Morgan fingerprint density at radius 3 is 3.11 bits per heavy atom. The maximum absolute atomic E-state index is 11.1. The first kappa shape index (κ1) is 10.7. The van der Waals surface area contributed by atoms with Gasteiger partial charge in [-0.3, -0.25) is 4.98 Å². The van der Waals surface area contributed by atoms with E-state index in [-0.39, 0.29) is 0 Å². The van der Waals surface area contributed by atoms with E-state index in [1.807, 2.05) is 6.92 Å². The molecule has 2 heterocycles. The fourth-order valence-corrected chi connectivity index (χ4v) is 2.54. The summed E-state index contributed by atoms with van der Waals surface area (Å²) < 4.78 is 4.93. The standard InChI is InChI=1S/C12H7N3O2S/c1-6-14-11(10(5-13)18-6)7-2-3-9-8(4-7)15-12(16)17-9/h2-4H,1H3,(H,15,16). The number of hydrogen-bond acceptors (Lipinski definition) is 5. The van der Waals surface area contributed by atoms with Gasteiger partial charge in [0.2, 0.25) is 0 Å². The Hall–Kier alpha value is -2.39. The Balaban J connectivity index is 2.25. The van der Waals surface area contributed by atoms with E-state index in [0.717, 1.165) is 10.6 Å². The van der Waals surface area contributed by atoms with Gasteiger partial charge in [-0.25, -0.2) is 9.78 Å². The van der Waals surface area contributed by atoms with E-state index in [0.29, 0.717) is 21.7 Å². The number of nitrogens with one attached hydrogen (secondary N) is 1. The van der Waals surface area contributed by atoms with Crippen LogP contribution in [-0.2, 0) is 0 Å². The van der Waals surface area contributed by atoms with Gasteiger partial charge < -0.3 is 4.42 Å². The predicted molar refractivity (Wildman–Crippen MR) is 67.4 cm³/mol. The van der Waals surface area contributed by atoms with Gasteiger partial charge in [0.25, 0.3) is 0 Å². The molecule has 0 aliphatic heterocycles. The number of benzene rings is 1. The van der Waals surface area contributed by atoms with Crippen molar-refractivity contribution in [1.29, 1.82) is 5.26 Å². The topological polar surface area (TPSA) is 82.7 Å². The highest BCUT2D eigenvalue weighted by Gasteiger charge is 2.12. The van der Waals surface area contributed by atoms with Crippen molar-refractivity contribution in [3.63, 3.8) is 0 Å². The summed E-state index contributed by atoms with van der Waals surface area (Å²) in [5.74, 6) is -0.489. The summed E-state index contributed by atoms with van der Waals surface area (Å²) in [7, 11) is 0. The zero-order chi connectivity index (χ0) is 12.7. The maximum Gasteiger partial charge on any atom is 0.417 e. The lowest BCUT2D eigenvalue weighted by atomic mass is 10.1. The number of aryl methyl sites for hydroxylation is 1. The Morgan fingerprint density at radius 2 is 2.33 bits per heavy atom. The number of rotatable bonds is 1. The Kier molecular flexibility index (Phi) is 2.28. The van der Waals surface area contributed by atoms with Crippen molar-refractivity contribution in [3.8, 4) is 17.3 Å². The molecule has 0 amide bonds. The van der Waals surface area contributed by atoms with Crippen molar-refractivity contribution >= 4 is 22.4 Å². The molecular formula is C12H7N3O2S. The number of H-pyrrole nitrogens is 1. The molecule has 0 aliphatic rings. The number of aromatic amines is 1. The van der Waals surface area contributed by atoms with Crippen LogP contribution < -0.4 is 5.76 Å². The number of thiazole rings is 1. The molecule has 1 N–H and O–H groups in total. The van der Waals surface area contributed by atoms with Crippen LogP contribution in [0.15, 0.2) is 27.4 Å². The molecule has 88 valence electrons. The molecule has 3 aromatic rings. The van der Waals surface area contributed by atoms with E-state index in [4.69, 9.17) is 9.68 Å². The van der Waals surface area contributed by atoms with Gasteiger partial charge in [-0.05, 0) is 25.1 Å². The SMILES string of the molecule is Cc1nc(-c2ccc3oc(=O)[nH]c3c2)c(C#N)s1. The van der Waals surface area contributed by atoms with E-state index in [1.54, 1.807) is 18.2 Å². The first-order chi connectivity index (χ1) is 8.67. The van der Waals surface area contributed by atoms with Crippen molar-refractivity contribution in [3.05, 3.63) is 38.6 Å². The third-order valence-electron chi connectivity index (χ3n) is 2.53. The molecule has 0 unspecified atom stereocenters. The van der Waals surface area contributed by atoms with Crippen molar-refractivity contribution in [2.45, 2.75) is 6.92 Å². The molecule has 0 bridgehead atoms. The van der Waals surface area contributed by atoms with Gasteiger partial charge in [-0.2, -0.15) is 5.26 Å². The Labute approximate surface area is 105 Å². The lowest BCUT2D eigenvalue weighted by molar-refractivity contribution is 0.555. The molecule has 18 heavy (non-hydrogen) atoms. The highest BCUT2D eigenvalue weighted by atomic mass is 32.1. The minimum atomic E-state index is -0.489. The van der Waals surface area contributed by atoms with Crippen molar-refractivity contribution < 1.29 is 4.42 Å². The van der Waals surface area contributed by atoms with Crippen LogP contribution in [0.4, 0.5) is 0 Å². The van der Waals surface area contributed by atoms with Crippen LogP contribution in [0, 0.1) is 18.3 Å². The second kappa shape index (κ2) is 3.82. The summed E-state index contributed by atoms with van der Waals surface area (Å²) in [5, 5.41) is 9.89. The fourth-order valence-electron chi connectivity index (χ4n) is 1.80. The molecule has 0 radical (unpaired) electrons. The molecule has 0 spiro atoms. The number of nitriles is 1. The molecular weight excluding hydrogens is 250 g/mol. The van der Waals surface area contributed by atoms with Crippen LogP contribution in [0.25, 0.3) is 22.4 Å². The fraction of sp³-hybridized carbons (Fsp3) is 0.0833. The van der Waals surface area contributed by atoms with Crippen LogP contribution in [0.5, 0.6) is 0 Å². The average molecular weight is 257 g/mol. The van der Waals surface area contributed by atoms with E-state index in [1.165, 1.54) is 11.3 Å². The number of hydrogen-bond donors (Lipinski definition) is 1. The molecule has 0 saturated heterocycles. The van der Waals surface area contributed by atoms with Crippen molar-refractivity contribution in [1.82, 2.24) is 9.97 Å². The molecule has 0 saturated carbocycles. The highest BCUT2D eigenvalue weighted by molar-refractivity contribution is 7.12. The second-order valence-corrected chi connectivity index (χ2v) is 4.95. The predicted octanol–water partition coefficient (Wildman–Crippen LogP) is 2.42. The molecule has 5 nitrogen and oxygen atoms in total. The van der Waals surface area contributed by atoms with Gasteiger partial charge in [0.05, 0.1) is 16.2 Å². The number of oxazole rings is 1. The van der Waals surface area contributed by atoms with Crippen molar-refractivity contribution in [2.24, 2.45) is 0 Å². The number of nitrogens with zero attached hydrogens (tertiary/aromatic N) is 2. The second-order valence-electron chi connectivity index (χ2n) is 3.75. The molecule has 3 rings (SSSR count). The maximum atomic E-state index is 11.1. The summed E-state index contributed by atoms with van der Waals surface area (Å²) in [4.78, 5) is 18.6. The molecule has 1 aromatic carbocycles. The molecule has 0 atom stereocenters. The first-order valence-electron chi connectivity index (χ1n) is 5.18. The number of aromatic nitrogens is 2. The third kappa shape index (κ3) is 1.61. The van der Waals surface area contributed by atoms with Crippen LogP contribution in [0.3, 0.4) is 0 Å². The average Bonchev–Trinajstić information content (AvgIpc) is 2.89. The summed E-state index contributed by atoms with van der Waals surface area (Å²) in [5.41, 5.74) is 2.53. The zero-order valence-corrected chi connectivity index (χ0v) is 10.2. The highest BCUT2D eigenvalue weighted by Crippen LogP contribution is 2.28. The summed E-state index contributed by atoms with van der Waals surface area (Å²) in [6.07, 6.45) is 0. The molecule has 0 fully saturated rings. The molecule has 6 heteroatoms. The summed E-state index contributed by atoms with van der Waals surface area (Å²) in [6, 6.07) is 7.37. The Bertz CT molecular complexity index is 835. The van der Waals surface area contributed by atoms with Crippen LogP contribution in [-0.4, -0.2) is 9.97 Å². The van der Waals surface area contributed by atoms with E-state index < -0.39 is 5.76 Å². The van der Waals surface area contributed by atoms with Gasteiger partial charge in [-0.1, -0.05) is 0 Å². The zero-order valence-electron chi connectivity index (χ0n) is 9.35. The van der Waals surface area contributed by atoms with Gasteiger partial charge in [0.15, 0.2) is 5.58 Å². The lowest BCUT2D eigenvalue weighted by Gasteiger charge is -1.96. The monoisotopic (exact) mass is 257 g/mol. The molecule has 0 aliphatic carbocycles. The first-order valence-corrected chi connectivity index (χ1v) is 6.00. The third-order valence-corrected chi connectivity index (χ3v) is 3.40. The van der Waals surface area contributed by atoms with Gasteiger partial charge in [0.1, 0.15) is 10.9 Å². The van der Waals surface area contributed by atoms with Gasteiger partial charge in [0, 0.05) is 5.56 Å². The Morgan fingerprint density at radius 1 is 1.50 bits per heavy atom. The lowest BCUT2D eigenvalue weighted by Crippen LogP contribution is -1.92. The summed E-state index contributed by atoms with van der Waals surface area (Å²) >= 11 is 1.35. The van der Waals surface area contributed by atoms with E-state index in [2.05, 4.69) is 16.0 Å². The van der Waals surface area contributed by atoms with E-state index >= 15 is 0 Å². The van der Waals surface area contributed by atoms with Crippen LogP contribution in [0.2, 0.25) is 0 Å². The minimum absolute atomic E-state index is 0.489. The van der Waals surface area contributed by atoms with Crippen LogP contribution in [0.1, 0.15) is 9.88 Å². The van der Waals surface area contributed by atoms with Crippen molar-refractivity contribution in [2.75, 3.05) is 0 Å². The number of fused-ring (bicyclic) bond motifs is 1. The van der Waals surface area contributed by atoms with Crippen LogP contribution >= 0.6 is 11.3 Å². The summed E-state index contributed by atoms with van der Waals surface area (Å²) in [6.45, 7) is 1.85. The minimum Gasteiger partial charge on any atom is -0.408 e. The van der Waals surface area contributed by atoms with E-state index in [9.17, 15) is 4.79 Å². The van der Waals surface area contributed by atoms with Gasteiger partial charge in [-0.15, -0.1) is 11.3 Å². The smallest absolute Gasteiger partial charge is 0.408 e. The quantitative estimate of drug-likeness (QED) is 0.725. The largest absolute Gasteiger partial charge is 0.417 e. The van der Waals surface area contributed by atoms with Gasteiger partial charge >= 0.3 is 5.76 Å². The normalized spacial score (nSPS) is 10.7.